The molecule has 3 aromatic rings. The van der Waals surface area contributed by atoms with E-state index in [2.05, 4.69) is 31.2 Å². The van der Waals surface area contributed by atoms with Gasteiger partial charge in [0, 0.05) is 49.2 Å². The Kier molecular flexibility index (Phi) is 7.32. The number of rotatable bonds is 4. The van der Waals surface area contributed by atoms with Gasteiger partial charge in [0.1, 0.15) is 0 Å². The maximum atomic E-state index is 13.5. The van der Waals surface area contributed by atoms with Crippen LogP contribution in [0.15, 0.2) is 55.0 Å². The first-order valence-electron chi connectivity index (χ1n) is 12.2. The minimum Gasteiger partial charge on any atom is -0.378 e. The molecule has 2 fully saturated rings. The van der Waals surface area contributed by atoms with Gasteiger partial charge in [-0.3, -0.25) is 0 Å². The fraction of sp³-hybridized carbons (Fsp3) is 0.407. The highest BCUT2D eigenvalue weighted by atomic mass is 35.5. The largest absolute Gasteiger partial charge is 0.378 e. The van der Waals surface area contributed by atoms with Crippen molar-refractivity contribution in [2.45, 2.75) is 31.6 Å². The van der Waals surface area contributed by atoms with Gasteiger partial charge in [0.05, 0.1) is 35.9 Å². The number of urea groups is 1. The van der Waals surface area contributed by atoms with E-state index >= 15 is 0 Å². The summed E-state index contributed by atoms with van der Waals surface area (Å²) >= 11 is 12.6. The third-order valence-corrected chi connectivity index (χ3v) is 7.62. The van der Waals surface area contributed by atoms with Gasteiger partial charge in [0.25, 0.3) is 0 Å². The van der Waals surface area contributed by atoms with Crippen LogP contribution in [-0.2, 0) is 11.2 Å². The molecular formula is C27H30Cl2N4O2. The third kappa shape index (κ3) is 5.35. The normalized spacial score (nSPS) is 20.8. The Bertz CT molecular complexity index is 1170. The summed E-state index contributed by atoms with van der Waals surface area (Å²) in [6, 6.07) is 14.3. The molecule has 1 aromatic heterocycles. The second-order valence-electron chi connectivity index (χ2n) is 9.31. The predicted molar refractivity (Wildman–Crippen MR) is 139 cm³/mol. The van der Waals surface area contributed by atoms with Gasteiger partial charge in [-0.2, -0.15) is 0 Å². The number of piperidine rings is 1. The number of aromatic nitrogens is 2. The molecule has 6 nitrogen and oxygen atoms in total. The second kappa shape index (κ2) is 10.6. The Balaban J connectivity index is 1.43. The molecule has 8 heteroatoms. The van der Waals surface area contributed by atoms with Crippen molar-refractivity contribution in [2.24, 2.45) is 0 Å². The number of amides is 2. The lowest BCUT2D eigenvalue weighted by Gasteiger charge is -2.40. The molecule has 2 aromatic carbocycles. The lowest BCUT2D eigenvalue weighted by atomic mass is 9.83. The summed E-state index contributed by atoms with van der Waals surface area (Å²) in [6.07, 6.45) is 5.74. The SMILES string of the molecule is CCc1ccc(C2CC(c3cn(-c4cc(Cl)ccc4Cl)cn3)CN(C(=O)N3CCOCC3)C2)cc1. The Labute approximate surface area is 216 Å². The van der Waals surface area contributed by atoms with Gasteiger partial charge in [-0.15, -0.1) is 0 Å². The zero-order chi connectivity index (χ0) is 24.4. The van der Waals surface area contributed by atoms with E-state index < -0.39 is 0 Å². The van der Waals surface area contributed by atoms with Crippen molar-refractivity contribution in [3.8, 4) is 5.69 Å². The van der Waals surface area contributed by atoms with Gasteiger partial charge in [-0.1, -0.05) is 54.4 Å². The smallest absolute Gasteiger partial charge is 0.320 e. The van der Waals surface area contributed by atoms with Crippen LogP contribution in [0, 0.1) is 0 Å². The Hall–Kier alpha value is -2.54. The summed E-state index contributed by atoms with van der Waals surface area (Å²) in [5, 5.41) is 1.23. The molecule has 0 spiro atoms. The van der Waals surface area contributed by atoms with Crippen LogP contribution in [0.5, 0.6) is 0 Å². The number of halogens is 2. The van der Waals surface area contributed by atoms with Gasteiger partial charge >= 0.3 is 6.03 Å². The fourth-order valence-electron chi connectivity index (χ4n) is 5.06. The Morgan fingerprint density at radius 3 is 2.51 bits per heavy atom. The molecule has 2 unspecified atom stereocenters. The molecule has 2 saturated heterocycles. The number of likely N-dealkylation sites (tertiary alicyclic amines) is 1. The Morgan fingerprint density at radius 2 is 1.77 bits per heavy atom. The van der Waals surface area contributed by atoms with E-state index in [4.69, 9.17) is 32.9 Å². The molecule has 2 amide bonds. The summed E-state index contributed by atoms with van der Waals surface area (Å²) in [5.41, 5.74) is 4.33. The number of aryl methyl sites for hydroxylation is 1. The number of nitrogens with zero attached hydrogens (tertiary/aromatic N) is 4. The van der Waals surface area contributed by atoms with Gasteiger partial charge in [-0.25, -0.2) is 9.78 Å². The first kappa shape index (κ1) is 24.2. The zero-order valence-electron chi connectivity index (χ0n) is 19.9. The lowest BCUT2D eigenvalue weighted by molar-refractivity contribution is 0.0398. The molecule has 0 saturated carbocycles. The highest BCUT2D eigenvalue weighted by Gasteiger charge is 2.35. The number of morpholine rings is 1. The van der Waals surface area contributed by atoms with Gasteiger partial charge in [-0.05, 0) is 42.2 Å². The second-order valence-corrected chi connectivity index (χ2v) is 10.2. The van der Waals surface area contributed by atoms with E-state index in [0.717, 1.165) is 24.2 Å². The van der Waals surface area contributed by atoms with Crippen LogP contribution in [0.4, 0.5) is 4.79 Å². The predicted octanol–water partition coefficient (Wildman–Crippen LogP) is 5.77. The molecule has 3 heterocycles. The average molecular weight is 513 g/mol. The number of carbonyl (C=O) groups excluding carboxylic acids is 1. The van der Waals surface area contributed by atoms with Crippen molar-refractivity contribution in [1.29, 1.82) is 0 Å². The molecule has 0 radical (unpaired) electrons. The van der Waals surface area contributed by atoms with Crippen LogP contribution >= 0.6 is 23.2 Å². The van der Waals surface area contributed by atoms with Gasteiger partial charge in [0.2, 0.25) is 0 Å². The summed E-state index contributed by atoms with van der Waals surface area (Å²) in [7, 11) is 0. The lowest BCUT2D eigenvalue weighted by Crippen LogP contribution is -2.52. The fourth-order valence-corrected chi connectivity index (χ4v) is 5.44. The molecule has 2 aliphatic heterocycles. The van der Waals surface area contributed by atoms with Crippen molar-refractivity contribution < 1.29 is 9.53 Å². The number of benzene rings is 2. The summed E-state index contributed by atoms with van der Waals surface area (Å²) < 4.78 is 7.37. The molecule has 184 valence electrons. The van der Waals surface area contributed by atoms with Gasteiger partial charge in [0.15, 0.2) is 0 Å². The summed E-state index contributed by atoms with van der Waals surface area (Å²) in [4.78, 5) is 22.1. The topological polar surface area (TPSA) is 50.6 Å². The maximum Gasteiger partial charge on any atom is 0.320 e. The highest BCUT2D eigenvalue weighted by molar-refractivity contribution is 6.34. The molecule has 0 bridgehead atoms. The number of ether oxygens (including phenoxy) is 1. The number of imidazole rings is 1. The minimum absolute atomic E-state index is 0.0884. The molecule has 2 atom stereocenters. The van der Waals surface area contributed by atoms with Gasteiger partial charge < -0.3 is 19.1 Å². The van der Waals surface area contributed by atoms with Crippen LogP contribution < -0.4 is 0 Å². The van der Waals surface area contributed by atoms with Crippen molar-refractivity contribution >= 4 is 29.2 Å². The Morgan fingerprint density at radius 1 is 1.03 bits per heavy atom. The molecule has 0 aliphatic carbocycles. The molecule has 0 N–H and O–H groups in total. The van der Waals surface area contributed by atoms with E-state index in [9.17, 15) is 4.79 Å². The van der Waals surface area contributed by atoms with Crippen molar-refractivity contribution in [3.63, 3.8) is 0 Å². The summed E-state index contributed by atoms with van der Waals surface area (Å²) in [6.45, 7) is 5.97. The monoisotopic (exact) mass is 512 g/mol. The quantitative estimate of drug-likeness (QED) is 0.445. The van der Waals surface area contributed by atoms with Crippen LogP contribution in [0.1, 0.15) is 42.0 Å². The van der Waals surface area contributed by atoms with Crippen molar-refractivity contribution in [1.82, 2.24) is 19.4 Å². The molecular weight excluding hydrogens is 483 g/mol. The molecule has 2 aliphatic rings. The van der Waals surface area contributed by atoms with E-state index in [0.29, 0.717) is 49.4 Å². The maximum absolute atomic E-state index is 13.5. The van der Waals surface area contributed by atoms with E-state index in [1.54, 1.807) is 18.5 Å². The first-order chi connectivity index (χ1) is 17.0. The van der Waals surface area contributed by atoms with Crippen LogP contribution in [0.3, 0.4) is 0 Å². The molecule has 35 heavy (non-hydrogen) atoms. The van der Waals surface area contributed by atoms with E-state index in [1.807, 2.05) is 26.6 Å². The van der Waals surface area contributed by atoms with Crippen LogP contribution in [-0.4, -0.2) is 64.8 Å². The highest BCUT2D eigenvalue weighted by Crippen LogP contribution is 2.36. The number of hydrogen-bond acceptors (Lipinski definition) is 3. The minimum atomic E-state index is 0.0884. The number of hydrogen-bond donors (Lipinski definition) is 0. The van der Waals surface area contributed by atoms with Crippen molar-refractivity contribution in [2.75, 3.05) is 39.4 Å². The van der Waals surface area contributed by atoms with Crippen molar-refractivity contribution in [3.05, 3.63) is 81.9 Å². The standard InChI is InChI=1S/C27H30Cl2N4O2/c1-2-19-3-5-20(6-4-19)21-13-22(16-32(15-21)27(34)31-9-11-35-12-10-31)25-17-33(18-30-25)26-14-23(28)7-8-24(26)29/h3-8,14,17-18,21-22H,2,9-13,15-16H2,1H3. The van der Waals surface area contributed by atoms with Crippen LogP contribution in [0.2, 0.25) is 10.0 Å². The van der Waals surface area contributed by atoms with Crippen LogP contribution in [0.25, 0.3) is 5.69 Å². The third-order valence-electron chi connectivity index (χ3n) is 7.07. The van der Waals surface area contributed by atoms with E-state index in [1.165, 1.54) is 11.1 Å². The summed E-state index contributed by atoms with van der Waals surface area (Å²) in [5.74, 6) is 0.355. The zero-order valence-corrected chi connectivity index (χ0v) is 21.4. The first-order valence-corrected chi connectivity index (χ1v) is 13.0. The van der Waals surface area contributed by atoms with E-state index in [-0.39, 0.29) is 17.9 Å². The average Bonchev–Trinajstić information content (AvgIpc) is 3.40. The molecule has 5 rings (SSSR count). The number of carbonyl (C=O) groups is 1.